The Morgan fingerprint density at radius 1 is 1.04 bits per heavy atom. The molecule has 4 rings (SSSR count). The van der Waals surface area contributed by atoms with E-state index in [0.29, 0.717) is 5.56 Å². The summed E-state index contributed by atoms with van der Waals surface area (Å²) in [7, 11) is 0. The Kier molecular flexibility index (Phi) is 4.32. The highest BCUT2D eigenvalue weighted by Crippen LogP contribution is 2.37. The van der Waals surface area contributed by atoms with Crippen LogP contribution < -0.4 is 5.32 Å². The van der Waals surface area contributed by atoms with Gasteiger partial charge in [0.15, 0.2) is 0 Å². The summed E-state index contributed by atoms with van der Waals surface area (Å²) < 4.78 is 1.91. The molecule has 26 heavy (non-hydrogen) atoms. The average molecular weight is 363 g/mol. The number of rotatable bonds is 3. The molecule has 1 aliphatic heterocycles. The summed E-state index contributed by atoms with van der Waals surface area (Å²) in [5, 5.41) is 7.95. The van der Waals surface area contributed by atoms with Crippen LogP contribution in [0, 0.1) is 20.8 Å². The van der Waals surface area contributed by atoms with Crippen molar-refractivity contribution in [3.8, 4) is 5.69 Å². The van der Waals surface area contributed by atoms with Crippen LogP contribution in [-0.4, -0.2) is 15.7 Å². The van der Waals surface area contributed by atoms with Crippen molar-refractivity contribution in [3.63, 3.8) is 0 Å². The standard InChI is InChI=1S/C21H21N3OS/c1-13-8-6-10-19(15(13)3)24-20(17-11-26-12-18(17)23-24)22-21(25)16-9-5-4-7-14(16)2/h4-10H,11-12H2,1-3H3,(H,22,25). The van der Waals surface area contributed by atoms with E-state index in [-0.39, 0.29) is 5.91 Å². The van der Waals surface area contributed by atoms with E-state index in [1.807, 2.05) is 53.7 Å². The molecule has 0 saturated carbocycles. The molecular weight excluding hydrogens is 342 g/mol. The Hall–Kier alpha value is -2.53. The van der Waals surface area contributed by atoms with Crippen molar-refractivity contribution in [2.24, 2.45) is 0 Å². The van der Waals surface area contributed by atoms with Crippen LogP contribution >= 0.6 is 11.8 Å². The van der Waals surface area contributed by atoms with E-state index in [4.69, 9.17) is 5.10 Å². The largest absolute Gasteiger partial charge is 0.306 e. The van der Waals surface area contributed by atoms with Crippen molar-refractivity contribution in [1.29, 1.82) is 0 Å². The SMILES string of the molecule is Cc1ccccc1C(=O)Nc1c2c(nn1-c1cccc(C)c1C)CSC2. The highest BCUT2D eigenvalue weighted by Gasteiger charge is 2.26. The molecule has 1 N–H and O–H groups in total. The van der Waals surface area contributed by atoms with Gasteiger partial charge < -0.3 is 5.32 Å². The molecule has 1 amide bonds. The highest BCUT2D eigenvalue weighted by molar-refractivity contribution is 7.98. The van der Waals surface area contributed by atoms with Gasteiger partial charge in [0.25, 0.3) is 5.91 Å². The fourth-order valence-corrected chi connectivity index (χ4v) is 4.32. The maximum absolute atomic E-state index is 12.9. The van der Waals surface area contributed by atoms with Gasteiger partial charge in [-0.05, 0) is 49.6 Å². The number of carbonyl (C=O) groups is 1. The molecule has 0 unspecified atom stereocenters. The number of thioether (sulfide) groups is 1. The first-order valence-corrected chi connectivity index (χ1v) is 9.84. The lowest BCUT2D eigenvalue weighted by Crippen LogP contribution is -2.17. The maximum atomic E-state index is 12.9. The fraction of sp³-hybridized carbons (Fsp3) is 0.238. The molecule has 0 bridgehead atoms. The van der Waals surface area contributed by atoms with E-state index in [9.17, 15) is 4.79 Å². The molecule has 0 radical (unpaired) electrons. The van der Waals surface area contributed by atoms with Crippen molar-refractivity contribution in [3.05, 3.63) is 76.0 Å². The molecule has 4 nitrogen and oxygen atoms in total. The molecule has 3 aromatic rings. The molecule has 5 heteroatoms. The monoisotopic (exact) mass is 363 g/mol. The second-order valence-electron chi connectivity index (χ2n) is 6.67. The Morgan fingerprint density at radius 3 is 2.62 bits per heavy atom. The first kappa shape index (κ1) is 16.9. The van der Waals surface area contributed by atoms with Crippen LogP contribution in [0.5, 0.6) is 0 Å². The van der Waals surface area contributed by atoms with Crippen molar-refractivity contribution in [2.75, 3.05) is 5.32 Å². The summed E-state index contributed by atoms with van der Waals surface area (Å²) >= 11 is 1.83. The molecule has 0 saturated heterocycles. The molecule has 2 heterocycles. The van der Waals surface area contributed by atoms with E-state index < -0.39 is 0 Å². The van der Waals surface area contributed by atoms with Crippen LogP contribution in [0.1, 0.15) is 38.3 Å². The van der Waals surface area contributed by atoms with Crippen LogP contribution in [0.4, 0.5) is 5.82 Å². The Labute approximate surface area is 157 Å². The number of hydrogen-bond acceptors (Lipinski definition) is 3. The van der Waals surface area contributed by atoms with Gasteiger partial charge in [-0.1, -0.05) is 30.3 Å². The number of aromatic nitrogens is 2. The number of anilines is 1. The third-order valence-electron chi connectivity index (χ3n) is 4.98. The minimum absolute atomic E-state index is 0.0887. The van der Waals surface area contributed by atoms with E-state index in [2.05, 4.69) is 31.3 Å². The molecule has 1 aliphatic rings. The van der Waals surface area contributed by atoms with Gasteiger partial charge in [0.2, 0.25) is 0 Å². The molecule has 2 aromatic carbocycles. The van der Waals surface area contributed by atoms with Gasteiger partial charge in [-0.3, -0.25) is 4.79 Å². The van der Waals surface area contributed by atoms with Gasteiger partial charge in [-0.2, -0.15) is 16.9 Å². The zero-order chi connectivity index (χ0) is 18.3. The number of nitrogens with one attached hydrogen (secondary N) is 1. The summed E-state index contributed by atoms with van der Waals surface area (Å²) in [6, 6.07) is 13.8. The topological polar surface area (TPSA) is 46.9 Å². The highest BCUT2D eigenvalue weighted by atomic mass is 32.2. The Balaban J connectivity index is 1.80. The number of fused-ring (bicyclic) bond motifs is 1. The third kappa shape index (κ3) is 2.82. The average Bonchev–Trinajstić information content (AvgIpc) is 3.20. The van der Waals surface area contributed by atoms with Crippen LogP contribution in [0.2, 0.25) is 0 Å². The minimum Gasteiger partial charge on any atom is -0.306 e. The molecule has 0 spiro atoms. The summed E-state index contributed by atoms with van der Waals surface area (Å²) in [5.41, 5.74) is 7.27. The normalized spacial score (nSPS) is 12.9. The van der Waals surface area contributed by atoms with Crippen molar-refractivity contribution in [2.45, 2.75) is 32.3 Å². The number of amides is 1. The molecule has 0 aliphatic carbocycles. The molecule has 1 aromatic heterocycles. The van der Waals surface area contributed by atoms with E-state index in [0.717, 1.165) is 39.8 Å². The summed E-state index contributed by atoms with van der Waals surface area (Å²) in [4.78, 5) is 12.9. The number of benzene rings is 2. The summed E-state index contributed by atoms with van der Waals surface area (Å²) in [6.45, 7) is 6.15. The van der Waals surface area contributed by atoms with E-state index >= 15 is 0 Å². The quantitative estimate of drug-likeness (QED) is 0.727. The zero-order valence-corrected chi connectivity index (χ0v) is 16.0. The fourth-order valence-electron chi connectivity index (χ4n) is 3.28. The van der Waals surface area contributed by atoms with Gasteiger partial charge in [0, 0.05) is 22.6 Å². The van der Waals surface area contributed by atoms with Crippen LogP contribution in [0.3, 0.4) is 0 Å². The second kappa shape index (κ2) is 6.65. The number of hydrogen-bond donors (Lipinski definition) is 1. The van der Waals surface area contributed by atoms with Crippen LogP contribution in [0.15, 0.2) is 42.5 Å². The van der Waals surface area contributed by atoms with Gasteiger partial charge >= 0.3 is 0 Å². The predicted molar refractivity (Wildman–Crippen MR) is 107 cm³/mol. The van der Waals surface area contributed by atoms with E-state index in [1.54, 1.807) is 0 Å². The lowest BCUT2D eigenvalue weighted by atomic mass is 10.1. The van der Waals surface area contributed by atoms with Crippen LogP contribution in [-0.2, 0) is 11.5 Å². The lowest BCUT2D eigenvalue weighted by molar-refractivity contribution is 0.102. The van der Waals surface area contributed by atoms with Gasteiger partial charge in [0.1, 0.15) is 5.82 Å². The lowest BCUT2D eigenvalue weighted by Gasteiger charge is -2.14. The van der Waals surface area contributed by atoms with Crippen molar-refractivity contribution >= 4 is 23.5 Å². The molecule has 132 valence electrons. The zero-order valence-electron chi connectivity index (χ0n) is 15.2. The molecule has 0 fully saturated rings. The molecular formula is C21H21N3OS. The first-order chi connectivity index (χ1) is 12.6. The Morgan fingerprint density at radius 2 is 1.81 bits per heavy atom. The number of aryl methyl sites for hydroxylation is 2. The third-order valence-corrected chi connectivity index (χ3v) is 5.95. The summed E-state index contributed by atoms with van der Waals surface area (Å²) in [5.74, 6) is 2.48. The smallest absolute Gasteiger partial charge is 0.257 e. The first-order valence-electron chi connectivity index (χ1n) is 8.68. The number of carbonyl (C=O) groups excluding carboxylic acids is 1. The van der Waals surface area contributed by atoms with Crippen molar-refractivity contribution < 1.29 is 4.79 Å². The summed E-state index contributed by atoms with van der Waals surface area (Å²) in [6.07, 6.45) is 0. The van der Waals surface area contributed by atoms with Crippen LogP contribution in [0.25, 0.3) is 5.69 Å². The minimum atomic E-state index is -0.0887. The molecule has 0 atom stereocenters. The van der Waals surface area contributed by atoms with Gasteiger partial charge in [-0.15, -0.1) is 0 Å². The Bertz CT molecular complexity index is 1010. The van der Waals surface area contributed by atoms with Gasteiger partial charge in [0.05, 0.1) is 11.4 Å². The van der Waals surface area contributed by atoms with E-state index in [1.165, 1.54) is 11.1 Å². The number of nitrogens with zero attached hydrogens (tertiary/aromatic N) is 2. The predicted octanol–water partition coefficient (Wildman–Crippen LogP) is 4.80. The maximum Gasteiger partial charge on any atom is 0.257 e. The van der Waals surface area contributed by atoms with Crippen molar-refractivity contribution in [1.82, 2.24) is 9.78 Å². The second-order valence-corrected chi connectivity index (χ2v) is 7.65. The van der Waals surface area contributed by atoms with Gasteiger partial charge in [-0.25, -0.2) is 4.68 Å².